The van der Waals surface area contributed by atoms with Gasteiger partial charge in [-0.3, -0.25) is 14.2 Å². The van der Waals surface area contributed by atoms with E-state index in [1.807, 2.05) is 65.8 Å². The summed E-state index contributed by atoms with van der Waals surface area (Å²) < 4.78 is 4.30. The fraction of sp³-hybridized carbons (Fsp3) is 0.478. The maximum Gasteiger partial charge on any atom is 0.337 e. The Hall–Kier alpha value is -2.96. The van der Waals surface area contributed by atoms with Gasteiger partial charge in [0.2, 0.25) is 0 Å². The Morgan fingerprint density at radius 2 is 1.73 bits per heavy atom. The zero-order valence-electron chi connectivity index (χ0n) is 18.6. The SMILES string of the molecule is Cc1ccc(-n2c(=O)n(CCC(C)C)c(=O)c3c2ncn3CC(=O)C(C)(C)C)cc1. The van der Waals surface area contributed by atoms with Crippen molar-refractivity contribution in [1.82, 2.24) is 18.7 Å². The average molecular weight is 411 g/mol. The van der Waals surface area contributed by atoms with Crippen LogP contribution in [-0.2, 0) is 17.9 Å². The van der Waals surface area contributed by atoms with E-state index in [0.717, 1.165) is 5.56 Å². The van der Waals surface area contributed by atoms with Gasteiger partial charge in [-0.25, -0.2) is 14.3 Å². The summed E-state index contributed by atoms with van der Waals surface area (Å²) in [5.41, 5.74) is 0.896. The molecule has 0 fully saturated rings. The van der Waals surface area contributed by atoms with Gasteiger partial charge in [0.1, 0.15) is 0 Å². The Morgan fingerprint density at radius 1 is 1.10 bits per heavy atom. The van der Waals surface area contributed by atoms with E-state index in [4.69, 9.17) is 0 Å². The lowest BCUT2D eigenvalue weighted by atomic mass is 9.91. The van der Waals surface area contributed by atoms with Crippen LogP contribution < -0.4 is 11.2 Å². The lowest BCUT2D eigenvalue weighted by Crippen LogP contribution is -2.40. The van der Waals surface area contributed by atoms with Crippen molar-refractivity contribution < 1.29 is 4.79 Å². The highest BCUT2D eigenvalue weighted by Crippen LogP contribution is 2.18. The molecule has 0 aliphatic rings. The van der Waals surface area contributed by atoms with Crippen molar-refractivity contribution in [3.05, 3.63) is 57.0 Å². The van der Waals surface area contributed by atoms with Gasteiger partial charge in [-0.05, 0) is 31.4 Å². The third kappa shape index (κ3) is 4.15. The minimum absolute atomic E-state index is 0.0111. The zero-order chi connectivity index (χ0) is 22.2. The van der Waals surface area contributed by atoms with E-state index in [1.54, 1.807) is 4.57 Å². The molecular weight excluding hydrogens is 380 g/mol. The average Bonchev–Trinajstić information content (AvgIpc) is 3.05. The van der Waals surface area contributed by atoms with Gasteiger partial charge >= 0.3 is 5.69 Å². The summed E-state index contributed by atoms with van der Waals surface area (Å²) in [6.07, 6.45) is 2.18. The van der Waals surface area contributed by atoms with Crippen LogP contribution in [0.1, 0.15) is 46.6 Å². The summed E-state index contributed by atoms with van der Waals surface area (Å²) in [5, 5.41) is 0. The highest BCUT2D eigenvalue weighted by molar-refractivity contribution is 5.85. The molecule has 0 saturated carbocycles. The molecule has 0 aliphatic carbocycles. The molecule has 0 amide bonds. The Balaban J connectivity index is 2.29. The molecule has 0 bridgehead atoms. The molecule has 0 saturated heterocycles. The smallest absolute Gasteiger partial charge is 0.317 e. The number of nitrogens with zero attached hydrogens (tertiary/aromatic N) is 4. The van der Waals surface area contributed by atoms with Crippen LogP contribution in [0.15, 0.2) is 40.2 Å². The molecule has 3 aromatic rings. The van der Waals surface area contributed by atoms with Crippen LogP contribution in [0.3, 0.4) is 0 Å². The molecule has 2 heterocycles. The molecule has 0 spiro atoms. The second-order valence-corrected chi connectivity index (χ2v) is 9.31. The molecule has 30 heavy (non-hydrogen) atoms. The first-order valence-electron chi connectivity index (χ1n) is 10.3. The fourth-order valence-electron chi connectivity index (χ4n) is 3.20. The van der Waals surface area contributed by atoms with Gasteiger partial charge in [0.25, 0.3) is 5.56 Å². The van der Waals surface area contributed by atoms with Crippen LogP contribution in [0.4, 0.5) is 0 Å². The number of benzene rings is 1. The third-order valence-corrected chi connectivity index (χ3v) is 5.27. The molecule has 2 aromatic heterocycles. The van der Waals surface area contributed by atoms with Gasteiger partial charge in [0.15, 0.2) is 16.9 Å². The van der Waals surface area contributed by atoms with E-state index < -0.39 is 16.7 Å². The van der Waals surface area contributed by atoms with Crippen molar-refractivity contribution in [2.24, 2.45) is 11.3 Å². The molecule has 7 heteroatoms. The van der Waals surface area contributed by atoms with Crippen molar-refractivity contribution in [3.63, 3.8) is 0 Å². The highest BCUT2D eigenvalue weighted by Gasteiger charge is 2.25. The summed E-state index contributed by atoms with van der Waals surface area (Å²) in [7, 11) is 0. The van der Waals surface area contributed by atoms with Gasteiger partial charge in [0, 0.05) is 12.0 Å². The van der Waals surface area contributed by atoms with Crippen molar-refractivity contribution in [1.29, 1.82) is 0 Å². The van der Waals surface area contributed by atoms with E-state index in [0.29, 0.717) is 24.6 Å². The predicted molar refractivity (Wildman–Crippen MR) is 118 cm³/mol. The van der Waals surface area contributed by atoms with Crippen LogP contribution in [0.2, 0.25) is 0 Å². The molecule has 7 nitrogen and oxygen atoms in total. The number of imidazole rings is 1. The number of carbonyl (C=O) groups is 1. The molecule has 0 radical (unpaired) electrons. The zero-order valence-corrected chi connectivity index (χ0v) is 18.6. The molecule has 0 unspecified atom stereocenters. The largest absolute Gasteiger partial charge is 0.337 e. The van der Waals surface area contributed by atoms with Crippen molar-refractivity contribution in [2.45, 2.75) is 61.1 Å². The maximum atomic E-state index is 13.3. The molecule has 160 valence electrons. The second kappa shape index (κ2) is 8.05. The number of Topliss-reactive ketones (excluding diaryl/α,β-unsaturated/α-hetero) is 1. The standard InChI is InChI=1S/C23H30N4O3/c1-15(2)11-12-26-21(29)19-20(24-14-25(19)13-18(28)23(4,5)6)27(22(26)30)17-9-7-16(3)8-10-17/h7-10,14-15H,11-13H2,1-6H3. The molecule has 1 aromatic carbocycles. The minimum atomic E-state index is -0.543. The lowest BCUT2D eigenvalue weighted by molar-refractivity contribution is -0.126. The van der Waals surface area contributed by atoms with Crippen LogP contribution >= 0.6 is 0 Å². The highest BCUT2D eigenvalue weighted by atomic mass is 16.2. The van der Waals surface area contributed by atoms with Crippen molar-refractivity contribution >= 4 is 16.9 Å². The first kappa shape index (κ1) is 21.7. The van der Waals surface area contributed by atoms with Gasteiger partial charge in [-0.15, -0.1) is 0 Å². The third-order valence-electron chi connectivity index (χ3n) is 5.27. The monoisotopic (exact) mass is 410 g/mol. The number of fused-ring (bicyclic) bond motifs is 1. The quantitative estimate of drug-likeness (QED) is 0.624. The summed E-state index contributed by atoms with van der Waals surface area (Å²) in [6.45, 7) is 12.0. The summed E-state index contributed by atoms with van der Waals surface area (Å²) >= 11 is 0. The number of ketones is 1. The maximum absolute atomic E-state index is 13.3. The van der Waals surface area contributed by atoms with Gasteiger partial charge in [-0.1, -0.05) is 52.3 Å². The molecular formula is C23H30N4O3. The number of aromatic nitrogens is 4. The van der Waals surface area contributed by atoms with E-state index in [-0.39, 0.29) is 23.5 Å². The topological polar surface area (TPSA) is 78.9 Å². The number of aryl methyl sites for hydroxylation is 1. The Kier molecular flexibility index (Phi) is 5.83. The first-order chi connectivity index (χ1) is 14.0. The second-order valence-electron chi connectivity index (χ2n) is 9.31. The lowest BCUT2D eigenvalue weighted by Gasteiger charge is -2.17. The number of carbonyl (C=O) groups excluding carboxylic acids is 1. The van der Waals surface area contributed by atoms with E-state index in [2.05, 4.69) is 4.98 Å². The van der Waals surface area contributed by atoms with E-state index in [1.165, 1.54) is 15.5 Å². The molecule has 0 atom stereocenters. The fourth-order valence-corrected chi connectivity index (χ4v) is 3.20. The molecule has 3 rings (SSSR count). The van der Waals surface area contributed by atoms with Crippen molar-refractivity contribution in [3.8, 4) is 5.69 Å². The molecule has 0 N–H and O–H groups in total. The summed E-state index contributed by atoms with van der Waals surface area (Å²) in [4.78, 5) is 43.6. The number of hydrogen-bond acceptors (Lipinski definition) is 4. The summed E-state index contributed by atoms with van der Waals surface area (Å²) in [5.74, 6) is 0.329. The first-order valence-corrected chi connectivity index (χ1v) is 10.3. The molecule has 0 aliphatic heterocycles. The predicted octanol–water partition coefficient (Wildman–Crippen LogP) is 3.32. The van der Waals surface area contributed by atoms with Gasteiger partial charge in [-0.2, -0.15) is 0 Å². The minimum Gasteiger partial charge on any atom is -0.317 e. The van der Waals surface area contributed by atoms with Crippen LogP contribution in [0.25, 0.3) is 16.9 Å². The van der Waals surface area contributed by atoms with Gasteiger partial charge < -0.3 is 4.57 Å². The Morgan fingerprint density at radius 3 is 2.30 bits per heavy atom. The normalized spacial score (nSPS) is 12.1. The van der Waals surface area contributed by atoms with Crippen LogP contribution in [-0.4, -0.2) is 24.5 Å². The number of rotatable bonds is 6. The van der Waals surface area contributed by atoms with E-state index in [9.17, 15) is 14.4 Å². The van der Waals surface area contributed by atoms with Crippen LogP contribution in [0, 0.1) is 18.3 Å². The Bertz CT molecular complexity index is 1190. The number of hydrogen-bond donors (Lipinski definition) is 0. The van der Waals surface area contributed by atoms with Crippen LogP contribution in [0.5, 0.6) is 0 Å². The summed E-state index contributed by atoms with van der Waals surface area (Å²) in [6, 6.07) is 7.51. The Labute approximate surface area is 176 Å². The van der Waals surface area contributed by atoms with E-state index >= 15 is 0 Å². The van der Waals surface area contributed by atoms with Crippen molar-refractivity contribution in [2.75, 3.05) is 0 Å². The van der Waals surface area contributed by atoms with Gasteiger partial charge in [0.05, 0.1) is 18.6 Å².